The average Bonchev–Trinajstić information content (AvgIpc) is 2.31. The smallest absolute Gasteiger partial charge is 0.335 e. The van der Waals surface area contributed by atoms with Crippen LogP contribution in [0.3, 0.4) is 0 Å². The molecule has 0 saturated carbocycles. The molecule has 0 saturated heterocycles. The van der Waals surface area contributed by atoms with Crippen molar-refractivity contribution in [3.05, 3.63) is 46.9 Å². The zero-order chi connectivity index (χ0) is 13.1. The first-order valence-corrected chi connectivity index (χ1v) is 5.43. The molecule has 0 spiro atoms. The van der Waals surface area contributed by atoms with Crippen LogP contribution in [0.5, 0.6) is 11.6 Å². The van der Waals surface area contributed by atoms with Crippen molar-refractivity contribution in [1.82, 2.24) is 9.97 Å². The number of nitrogens with zero attached hydrogens (tertiary/aromatic N) is 2. The number of aryl methyl sites for hydroxylation is 1. The summed E-state index contributed by atoms with van der Waals surface area (Å²) in [5.74, 6) is -0.392. The predicted molar refractivity (Wildman–Crippen MR) is 65.3 cm³/mol. The van der Waals surface area contributed by atoms with E-state index in [9.17, 15) is 4.79 Å². The van der Waals surface area contributed by atoms with Gasteiger partial charge in [0, 0.05) is 0 Å². The van der Waals surface area contributed by atoms with E-state index in [0.29, 0.717) is 5.75 Å². The molecule has 1 heterocycles. The van der Waals surface area contributed by atoms with E-state index in [0.717, 1.165) is 5.56 Å². The fraction of sp³-hybridized carbons (Fsp3) is 0.0833. The topological polar surface area (TPSA) is 72.3 Å². The van der Waals surface area contributed by atoms with Crippen molar-refractivity contribution in [2.75, 3.05) is 0 Å². The van der Waals surface area contributed by atoms with Crippen LogP contribution in [0.15, 0.2) is 30.6 Å². The molecule has 0 aliphatic carbocycles. The summed E-state index contributed by atoms with van der Waals surface area (Å²) in [6.45, 7) is 1.80. The molecule has 92 valence electrons. The molecule has 0 atom stereocenters. The number of aromatic carboxylic acids is 1. The van der Waals surface area contributed by atoms with Gasteiger partial charge < -0.3 is 9.84 Å². The number of aromatic nitrogens is 2. The Kier molecular flexibility index (Phi) is 3.43. The molecule has 0 amide bonds. The van der Waals surface area contributed by atoms with Gasteiger partial charge in [-0.05, 0) is 24.6 Å². The SMILES string of the molecule is Cc1ccc(C(=O)O)cc1Oc1cncc(Cl)n1. The van der Waals surface area contributed by atoms with Crippen LogP contribution in [0.4, 0.5) is 0 Å². The molecule has 0 fully saturated rings. The minimum Gasteiger partial charge on any atom is -0.478 e. The fourth-order valence-electron chi connectivity index (χ4n) is 1.33. The standard InChI is InChI=1S/C12H9ClN2O3/c1-7-2-3-8(12(16)17)4-9(7)18-11-6-14-5-10(13)15-11/h2-6H,1H3,(H,16,17). The molecule has 2 rings (SSSR count). The average molecular weight is 265 g/mol. The van der Waals surface area contributed by atoms with Gasteiger partial charge in [-0.25, -0.2) is 4.79 Å². The number of hydrogen-bond acceptors (Lipinski definition) is 4. The molecule has 1 aromatic carbocycles. The summed E-state index contributed by atoms with van der Waals surface area (Å²) in [5, 5.41) is 9.11. The van der Waals surface area contributed by atoms with E-state index in [1.165, 1.54) is 24.5 Å². The number of carboxylic acids is 1. The van der Waals surface area contributed by atoms with Crippen LogP contribution in [0, 0.1) is 6.92 Å². The third-order valence-corrected chi connectivity index (χ3v) is 2.41. The zero-order valence-electron chi connectivity index (χ0n) is 9.42. The molecule has 0 aliphatic heterocycles. The molecule has 1 N–H and O–H groups in total. The van der Waals surface area contributed by atoms with E-state index in [-0.39, 0.29) is 16.6 Å². The Morgan fingerprint density at radius 2 is 2.17 bits per heavy atom. The minimum atomic E-state index is -1.02. The van der Waals surface area contributed by atoms with E-state index in [2.05, 4.69) is 9.97 Å². The second-order valence-electron chi connectivity index (χ2n) is 3.57. The first kappa shape index (κ1) is 12.3. The summed E-state index contributed by atoms with van der Waals surface area (Å²) in [6, 6.07) is 4.60. The molecule has 6 heteroatoms. The lowest BCUT2D eigenvalue weighted by Crippen LogP contribution is -1.98. The van der Waals surface area contributed by atoms with Gasteiger partial charge in [0.2, 0.25) is 5.88 Å². The van der Waals surface area contributed by atoms with Crippen LogP contribution >= 0.6 is 11.6 Å². The van der Waals surface area contributed by atoms with Crippen LogP contribution in [-0.4, -0.2) is 21.0 Å². The van der Waals surface area contributed by atoms with Gasteiger partial charge in [0.25, 0.3) is 0 Å². The van der Waals surface area contributed by atoms with E-state index in [1.54, 1.807) is 13.0 Å². The molecular formula is C12H9ClN2O3. The van der Waals surface area contributed by atoms with Crippen LogP contribution in [-0.2, 0) is 0 Å². The Morgan fingerprint density at radius 3 is 2.83 bits per heavy atom. The van der Waals surface area contributed by atoms with Crippen LogP contribution in [0.2, 0.25) is 5.15 Å². The Morgan fingerprint density at radius 1 is 1.39 bits per heavy atom. The van der Waals surface area contributed by atoms with Crippen molar-refractivity contribution in [2.24, 2.45) is 0 Å². The fourth-order valence-corrected chi connectivity index (χ4v) is 1.47. The lowest BCUT2D eigenvalue weighted by Gasteiger charge is -2.08. The summed E-state index contributed by atoms with van der Waals surface area (Å²) in [6.07, 6.45) is 2.79. The highest BCUT2D eigenvalue weighted by atomic mass is 35.5. The van der Waals surface area contributed by atoms with Crippen molar-refractivity contribution >= 4 is 17.6 Å². The van der Waals surface area contributed by atoms with Gasteiger partial charge in [0.05, 0.1) is 18.0 Å². The quantitative estimate of drug-likeness (QED) is 0.923. The van der Waals surface area contributed by atoms with Gasteiger partial charge >= 0.3 is 5.97 Å². The highest BCUT2D eigenvalue weighted by Gasteiger charge is 2.09. The number of ether oxygens (including phenoxy) is 1. The summed E-state index contributed by atoms with van der Waals surface area (Å²) < 4.78 is 5.46. The number of benzene rings is 1. The van der Waals surface area contributed by atoms with Crippen molar-refractivity contribution in [3.8, 4) is 11.6 Å². The monoisotopic (exact) mass is 264 g/mol. The molecular weight excluding hydrogens is 256 g/mol. The van der Waals surface area contributed by atoms with Gasteiger partial charge in [-0.15, -0.1) is 0 Å². The molecule has 18 heavy (non-hydrogen) atoms. The van der Waals surface area contributed by atoms with E-state index >= 15 is 0 Å². The van der Waals surface area contributed by atoms with Crippen molar-refractivity contribution < 1.29 is 14.6 Å². The highest BCUT2D eigenvalue weighted by Crippen LogP contribution is 2.25. The maximum absolute atomic E-state index is 10.9. The largest absolute Gasteiger partial charge is 0.478 e. The van der Waals surface area contributed by atoms with Crippen LogP contribution < -0.4 is 4.74 Å². The first-order chi connectivity index (χ1) is 8.56. The molecule has 1 aromatic heterocycles. The van der Waals surface area contributed by atoms with Gasteiger partial charge in [-0.2, -0.15) is 4.98 Å². The van der Waals surface area contributed by atoms with Gasteiger partial charge in [-0.3, -0.25) is 4.98 Å². The van der Waals surface area contributed by atoms with Crippen LogP contribution in [0.25, 0.3) is 0 Å². The van der Waals surface area contributed by atoms with Gasteiger partial charge in [0.1, 0.15) is 5.75 Å². The second kappa shape index (κ2) is 5.01. The second-order valence-corrected chi connectivity index (χ2v) is 3.95. The Bertz CT molecular complexity index is 602. The van der Waals surface area contributed by atoms with E-state index in [4.69, 9.17) is 21.4 Å². The van der Waals surface area contributed by atoms with Crippen molar-refractivity contribution in [1.29, 1.82) is 0 Å². The molecule has 0 unspecified atom stereocenters. The van der Waals surface area contributed by atoms with Crippen molar-refractivity contribution in [2.45, 2.75) is 6.92 Å². The molecule has 2 aromatic rings. The third-order valence-electron chi connectivity index (χ3n) is 2.23. The molecule has 0 bridgehead atoms. The number of carboxylic acid groups (broad SMARTS) is 1. The number of halogens is 1. The Hall–Kier alpha value is -2.14. The predicted octanol–water partition coefficient (Wildman–Crippen LogP) is 2.93. The Balaban J connectivity index is 2.33. The summed E-state index contributed by atoms with van der Waals surface area (Å²) >= 11 is 5.68. The number of hydrogen-bond donors (Lipinski definition) is 1. The summed E-state index contributed by atoms with van der Waals surface area (Å²) in [4.78, 5) is 18.6. The maximum Gasteiger partial charge on any atom is 0.335 e. The Labute approximate surface area is 108 Å². The lowest BCUT2D eigenvalue weighted by atomic mass is 10.1. The van der Waals surface area contributed by atoms with E-state index in [1.807, 2.05) is 0 Å². The highest BCUT2D eigenvalue weighted by molar-refractivity contribution is 6.29. The number of rotatable bonds is 3. The number of carbonyl (C=O) groups is 1. The lowest BCUT2D eigenvalue weighted by molar-refractivity contribution is 0.0696. The zero-order valence-corrected chi connectivity index (χ0v) is 10.2. The molecule has 0 aliphatic rings. The van der Waals surface area contributed by atoms with Gasteiger partial charge in [0.15, 0.2) is 5.15 Å². The van der Waals surface area contributed by atoms with Crippen LogP contribution in [0.1, 0.15) is 15.9 Å². The van der Waals surface area contributed by atoms with Gasteiger partial charge in [-0.1, -0.05) is 17.7 Å². The minimum absolute atomic E-state index is 0.144. The first-order valence-electron chi connectivity index (χ1n) is 5.05. The molecule has 5 nitrogen and oxygen atoms in total. The normalized spacial score (nSPS) is 10.1. The summed E-state index contributed by atoms with van der Waals surface area (Å²) in [7, 11) is 0. The summed E-state index contributed by atoms with van der Waals surface area (Å²) in [5.41, 5.74) is 0.937. The third kappa shape index (κ3) is 2.75. The van der Waals surface area contributed by atoms with Crippen molar-refractivity contribution in [3.63, 3.8) is 0 Å². The van der Waals surface area contributed by atoms with E-state index < -0.39 is 5.97 Å². The molecule has 0 radical (unpaired) electrons. The maximum atomic E-state index is 10.9.